The third-order valence-corrected chi connectivity index (χ3v) is 3.35. The Hall–Kier alpha value is -1.97. The number of amides is 1. The average molecular weight is 355 g/mol. The standard InChI is InChI=1S/C13H6BrClFN3O/c14-10-3-7(5-17)1-2-11(10)19-13(20)9-4-8(16)6-18-12(9)15/h1-4,6H,(H,19,20). The van der Waals surface area contributed by atoms with Crippen LogP contribution in [0.3, 0.4) is 0 Å². The molecule has 0 saturated heterocycles. The van der Waals surface area contributed by atoms with Crippen molar-refractivity contribution in [1.29, 1.82) is 5.26 Å². The minimum atomic E-state index is -0.654. The Morgan fingerprint density at radius 2 is 2.20 bits per heavy atom. The molecule has 0 bridgehead atoms. The summed E-state index contributed by atoms with van der Waals surface area (Å²) >= 11 is 8.98. The number of rotatable bonds is 2. The predicted molar refractivity (Wildman–Crippen MR) is 76.0 cm³/mol. The summed E-state index contributed by atoms with van der Waals surface area (Å²) in [6, 6.07) is 7.64. The van der Waals surface area contributed by atoms with Crippen LogP contribution in [0, 0.1) is 17.1 Å². The molecule has 0 aliphatic rings. The summed E-state index contributed by atoms with van der Waals surface area (Å²) < 4.78 is 13.6. The second-order valence-corrected chi connectivity index (χ2v) is 4.96. The lowest BCUT2D eigenvalue weighted by Crippen LogP contribution is -2.13. The summed E-state index contributed by atoms with van der Waals surface area (Å²) in [7, 11) is 0. The van der Waals surface area contributed by atoms with Gasteiger partial charge < -0.3 is 5.32 Å². The Balaban J connectivity index is 2.28. The van der Waals surface area contributed by atoms with Gasteiger partial charge in [0.05, 0.1) is 29.1 Å². The van der Waals surface area contributed by atoms with E-state index in [1.54, 1.807) is 18.2 Å². The highest BCUT2D eigenvalue weighted by atomic mass is 79.9. The van der Waals surface area contributed by atoms with E-state index in [-0.39, 0.29) is 10.7 Å². The molecule has 2 rings (SSSR count). The van der Waals surface area contributed by atoms with Gasteiger partial charge in [-0.15, -0.1) is 0 Å². The number of nitriles is 1. The molecule has 100 valence electrons. The maximum absolute atomic E-state index is 13.1. The van der Waals surface area contributed by atoms with Crippen LogP contribution in [0.25, 0.3) is 0 Å². The van der Waals surface area contributed by atoms with E-state index >= 15 is 0 Å². The molecule has 4 nitrogen and oxygen atoms in total. The van der Waals surface area contributed by atoms with Crippen LogP contribution in [-0.2, 0) is 0 Å². The number of benzene rings is 1. The zero-order chi connectivity index (χ0) is 14.7. The van der Waals surface area contributed by atoms with Gasteiger partial charge in [0.15, 0.2) is 0 Å². The van der Waals surface area contributed by atoms with Crippen molar-refractivity contribution in [3.63, 3.8) is 0 Å². The monoisotopic (exact) mass is 353 g/mol. The number of carbonyl (C=O) groups is 1. The first-order valence-electron chi connectivity index (χ1n) is 5.33. The molecule has 0 aliphatic carbocycles. The molecular formula is C13H6BrClFN3O. The van der Waals surface area contributed by atoms with E-state index < -0.39 is 11.7 Å². The number of nitrogens with one attached hydrogen (secondary N) is 1. The number of nitrogens with zero attached hydrogens (tertiary/aromatic N) is 2. The highest BCUT2D eigenvalue weighted by Gasteiger charge is 2.14. The molecule has 0 aliphatic heterocycles. The molecule has 1 N–H and O–H groups in total. The lowest BCUT2D eigenvalue weighted by atomic mass is 10.2. The number of aromatic nitrogens is 1. The van der Waals surface area contributed by atoms with Crippen LogP contribution >= 0.6 is 27.5 Å². The molecule has 20 heavy (non-hydrogen) atoms. The lowest BCUT2D eigenvalue weighted by molar-refractivity contribution is 0.102. The minimum absolute atomic E-state index is 0.0667. The quantitative estimate of drug-likeness (QED) is 0.835. The lowest BCUT2D eigenvalue weighted by Gasteiger charge is -2.08. The van der Waals surface area contributed by atoms with Crippen molar-refractivity contribution in [1.82, 2.24) is 4.98 Å². The van der Waals surface area contributed by atoms with E-state index in [1.807, 2.05) is 6.07 Å². The SMILES string of the molecule is N#Cc1ccc(NC(=O)c2cc(F)cnc2Cl)c(Br)c1. The van der Waals surface area contributed by atoms with Crippen LogP contribution in [0.1, 0.15) is 15.9 Å². The number of halogens is 3. The maximum atomic E-state index is 13.1. The number of anilines is 1. The van der Waals surface area contributed by atoms with E-state index in [2.05, 4.69) is 26.2 Å². The Kier molecular flexibility index (Phi) is 4.32. The highest BCUT2D eigenvalue weighted by Crippen LogP contribution is 2.25. The summed E-state index contributed by atoms with van der Waals surface area (Å²) in [5, 5.41) is 11.2. The van der Waals surface area contributed by atoms with E-state index in [0.717, 1.165) is 12.3 Å². The summed E-state index contributed by atoms with van der Waals surface area (Å²) in [6.07, 6.45) is 0.927. The molecule has 7 heteroatoms. The number of carbonyl (C=O) groups excluding carboxylic acids is 1. The van der Waals surface area contributed by atoms with E-state index in [1.165, 1.54) is 0 Å². The molecule has 0 saturated carbocycles. The second kappa shape index (κ2) is 5.99. The van der Waals surface area contributed by atoms with Gasteiger partial charge in [0.2, 0.25) is 0 Å². The number of hydrogen-bond acceptors (Lipinski definition) is 3. The van der Waals surface area contributed by atoms with Gasteiger partial charge in [0.1, 0.15) is 11.0 Å². The van der Waals surface area contributed by atoms with Gasteiger partial charge in [-0.05, 0) is 40.2 Å². The molecule has 2 aromatic rings. The molecule has 0 spiro atoms. The van der Waals surface area contributed by atoms with Crippen molar-refractivity contribution in [3.05, 3.63) is 57.0 Å². The van der Waals surface area contributed by atoms with Crippen molar-refractivity contribution >= 4 is 39.1 Å². The smallest absolute Gasteiger partial charge is 0.258 e. The minimum Gasteiger partial charge on any atom is -0.321 e. The molecule has 0 radical (unpaired) electrons. The fourth-order valence-corrected chi connectivity index (χ4v) is 2.12. The second-order valence-electron chi connectivity index (χ2n) is 3.75. The normalized spacial score (nSPS) is 9.90. The van der Waals surface area contributed by atoms with Gasteiger partial charge in [-0.25, -0.2) is 9.37 Å². The third kappa shape index (κ3) is 3.13. The number of pyridine rings is 1. The van der Waals surface area contributed by atoms with Crippen LogP contribution in [0.5, 0.6) is 0 Å². The fourth-order valence-electron chi connectivity index (χ4n) is 1.46. The summed E-state index contributed by atoms with van der Waals surface area (Å²) in [5.41, 5.74) is 0.817. The van der Waals surface area contributed by atoms with Crippen molar-refractivity contribution in [2.24, 2.45) is 0 Å². The largest absolute Gasteiger partial charge is 0.321 e. The summed E-state index contributed by atoms with van der Waals surface area (Å²) in [4.78, 5) is 15.6. The Morgan fingerprint density at radius 3 is 2.85 bits per heavy atom. The van der Waals surface area contributed by atoms with Crippen LogP contribution in [0.15, 0.2) is 34.9 Å². The molecule has 0 atom stereocenters. The van der Waals surface area contributed by atoms with Gasteiger partial charge >= 0.3 is 0 Å². The maximum Gasteiger partial charge on any atom is 0.258 e. The van der Waals surface area contributed by atoms with Crippen molar-refractivity contribution < 1.29 is 9.18 Å². The van der Waals surface area contributed by atoms with Crippen molar-refractivity contribution in [3.8, 4) is 6.07 Å². The molecule has 1 aromatic carbocycles. The predicted octanol–water partition coefficient (Wildman–Crippen LogP) is 3.76. The molecule has 1 heterocycles. The molecular weight excluding hydrogens is 349 g/mol. The Morgan fingerprint density at radius 1 is 1.45 bits per heavy atom. The topological polar surface area (TPSA) is 65.8 Å². The van der Waals surface area contributed by atoms with Gasteiger partial charge in [-0.1, -0.05) is 11.6 Å². The van der Waals surface area contributed by atoms with E-state index in [0.29, 0.717) is 15.7 Å². The number of hydrogen-bond donors (Lipinski definition) is 1. The van der Waals surface area contributed by atoms with E-state index in [4.69, 9.17) is 16.9 Å². The van der Waals surface area contributed by atoms with Crippen molar-refractivity contribution in [2.45, 2.75) is 0 Å². The van der Waals surface area contributed by atoms with Crippen LogP contribution in [0.2, 0.25) is 5.15 Å². The third-order valence-electron chi connectivity index (χ3n) is 2.40. The fraction of sp³-hybridized carbons (Fsp3) is 0. The zero-order valence-electron chi connectivity index (χ0n) is 9.82. The Bertz CT molecular complexity index is 730. The Labute approximate surface area is 127 Å². The van der Waals surface area contributed by atoms with Gasteiger partial charge in [-0.2, -0.15) is 5.26 Å². The van der Waals surface area contributed by atoms with Crippen LogP contribution < -0.4 is 5.32 Å². The first kappa shape index (κ1) is 14.4. The van der Waals surface area contributed by atoms with Crippen molar-refractivity contribution in [2.75, 3.05) is 5.32 Å². The molecule has 1 amide bonds. The summed E-state index contributed by atoms with van der Waals surface area (Å²) in [5.74, 6) is -1.24. The van der Waals surface area contributed by atoms with Gasteiger partial charge in [0, 0.05) is 4.47 Å². The average Bonchev–Trinajstić information content (AvgIpc) is 2.43. The van der Waals surface area contributed by atoms with Gasteiger partial charge in [0.25, 0.3) is 5.91 Å². The van der Waals surface area contributed by atoms with Crippen LogP contribution in [-0.4, -0.2) is 10.9 Å². The zero-order valence-corrected chi connectivity index (χ0v) is 12.2. The molecule has 0 fully saturated rings. The first-order chi connectivity index (χ1) is 9.51. The van der Waals surface area contributed by atoms with E-state index in [9.17, 15) is 9.18 Å². The van der Waals surface area contributed by atoms with Crippen LogP contribution in [0.4, 0.5) is 10.1 Å². The molecule has 0 unspecified atom stereocenters. The van der Waals surface area contributed by atoms with Gasteiger partial charge in [-0.3, -0.25) is 4.79 Å². The highest BCUT2D eigenvalue weighted by molar-refractivity contribution is 9.10. The summed E-state index contributed by atoms with van der Waals surface area (Å²) in [6.45, 7) is 0. The molecule has 1 aromatic heterocycles. The first-order valence-corrected chi connectivity index (χ1v) is 6.50.